The van der Waals surface area contributed by atoms with Crippen LogP contribution in [0.1, 0.15) is 46.5 Å². The third-order valence-corrected chi connectivity index (χ3v) is 5.92. The highest BCUT2D eigenvalue weighted by Crippen LogP contribution is 2.62. The number of fused-ring (bicyclic) bond motifs is 2. The van der Waals surface area contributed by atoms with Crippen LogP contribution in [0.5, 0.6) is 0 Å². The first-order valence-corrected chi connectivity index (χ1v) is 8.20. The SMILES string of the molecule is CN=C(NC(C)C(C)C)NC1C2CCOC2C12CCC2. The number of hydrogen-bond donors (Lipinski definition) is 2. The number of nitrogens with zero attached hydrogens (tertiary/aromatic N) is 1. The summed E-state index contributed by atoms with van der Waals surface area (Å²) in [6.07, 6.45) is 5.74. The number of guanidine groups is 1. The van der Waals surface area contributed by atoms with E-state index < -0.39 is 0 Å². The maximum Gasteiger partial charge on any atom is 0.191 e. The van der Waals surface area contributed by atoms with Gasteiger partial charge in [-0.05, 0) is 32.1 Å². The second-order valence-corrected chi connectivity index (χ2v) is 7.20. The summed E-state index contributed by atoms with van der Waals surface area (Å²) < 4.78 is 5.97. The van der Waals surface area contributed by atoms with Crippen LogP contribution in [0, 0.1) is 17.3 Å². The summed E-state index contributed by atoms with van der Waals surface area (Å²) in [5, 5.41) is 7.24. The van der Waals surface area contributed by atoms with E-state index in [1.54, 1.807) is 0 Å². The van der Waals surface area contributed by atoms with Crippen LogP contribution in [0.15, 0.2) is 4.99 Å². The third-order valence-electron chi connectivity index (χ3n) is 5.92. The predicted octanol–water partition coefficient (Wildman–Crippen LogP) is 2.15. The second kappa shape index (κ2) is 5.21. The molecule has 3 rings (SSSR count). The van der Waals surface area contributed by atoms with E-state index >= 15 is 0 Å². The molecule has 0 aromatic heterocycles. The number of ether oxygens (including phenoxy) is 1. The molecule has 0 aromatic rings. The summed E-state index contributed by atoms with van der Waals surface area (Å²) >= 11 is 0. The normalized spacial score (nSPS) is 36.2. The molecular formula is C16H29N3O. The summed E-state index contributed by atoms with van der Waals surface area (Å²) in [5.41, 5.74) is 0.417. The lowest BCUT2D eigenvalue weighted by atomic mass is 9.46. The Bertz CT molecular complexity index is 389. The zero-order valence-corrected chi connectivity index (χ0v) is 13.3. The van der Waals surface area contributed by atoms with Crippen molar-refractivity contribution in [2.75, 3.05) is 13.7 Å². The molecule has 114 valence electrons. The van der Waals surface area contributed by atoms with E-state index in [0.717, 1.165) is 12.6 Å². The lowest BCUT2D eigenvalue weighted by molar-refractivity contribution is -0.171. The molecule has 4 heteroatoms. The maximum atomic E-state index is 5.97. The van der Waals surface area contributed by atoms with Crippen molar-refractivity contribution in [1.82, 2.24) is 10.6 Å². The molecule has 1 aliphatic heterocycles. The fraction of sp³-hybridized carbons (Fsp3) is 0.938. The molecule has 0 bridgehead atoms. The molecule has 20 heavy (non-hydrogen) atoms. The quantitative estimate of drug-likeness (QED) is 0.615. The van der Waals surface area contributed by atoms with Gasteiger partial charge in [0.15, 0.2) is 5.96 Å². The Morgan fingerprint density at radius 3 is 2.60 bits per heavy atom. The van der Waals surface area contributed by atoms with Crippen molar-refractivity contribution in [3.05, 3.63) is 0 Å². The molecule has 1 spiro atoms. The Morgan fingerprint density at radius 2 is 2.05 bits per heavy atom. The van der Waals surface area contributed by atoms with E-state index in [1.165, 1.54) is 25.7 Å². The molecule has 0 radical (unpaired) electrons. The van der Waals surface area contributed by atoms with Gasteiger partial charge in [-0.1, -0.05) is 20.3 Å². The first-order valence-electron chi connectivity index (χ1n) is 8.20. The fourth-order valence-corrected chi connectivity index (χ4v) is 4.16. The van der Waals surface area contributed by atoms with Gasteiger partial charge in [0.1, 0.15) is 0 Å². The maximum absolute atomic E-state index is 5.97. The van der Waals surface area contributed by atoms with E-state index in [-0.39, 0.29) is 0 Å². The van der Waals surface area contributed by atoms with Crippen LogP contribution in [0.25, 0.3) is 0 Å². The predicted molar refractivity (Wildman–Crippen MR) is 81.8 cm³/mol. The number of aliphatic imine (C=N–C) groups is 1. The standard InChI is InChI=1S/C16H29N3O/c1-10(2)11(3)18-15(17-4)19-13-12-6-9-20-14(12)16(13)7-5-8-16/h10-14H,5-9H2,1-4H3,(H2,17,18,19). The summed E-state index contributed by atoms with van der Waals surface area (Å²) in [5.74, 6) is 2.27. The molecule has 1 saturated heterocycles. The van der Waals surface area contributed by atoms with Crippen molar-refractivity contribution in [2.24, 2.45) is 22.2 Å². The molecule has 2 aliphatic carbocycles. The van der Waals surface area contributed by atoms with Gasteiger partial charge in [0.2, 0.25) is 0 Å². The van der Waals surface area contributed by atoms with E-state index in [2.05, 4.69) is 36.4 Å². The number of hydrogen-bond acceptors (Lipinski definition) is 2. The second-order valence-electron chi connectivity index (χ2n) is 7.20. The highest BCUT2D eigenvalue weighted by molar-refractivity contribution is 5.80. The van der Waals surface area contributed by atoms with Gasteiger partial charge in [0.25, 0.3) is 0 Å². The Hall–Kier alpha value is -0.770. The van der Waals surface area contributed by atoms with Gasteiger partial charge >= 0.3 is 0 Å². The summed E-state index contributed by atoms with van der Waals surface area (Å²) in [6.45, 7) is 7.65. The minimum atomic E-state index is 0.417. The minimum absolute atomic E-state index is 0.417. The van der Waals surface area contributed by atoms with Crippen molar-refractivity contribution >= 4 is 5.96 Å². The number of rotatable bonds is 3. The van der Waals surface area contributed by atoms with Gasteiger partial charge in [-0.25, -0.2) is 0 Å². The zero-order valence-electron chi connectivity index (χ0n) is 13.3. The van der Waals surface area contributed by atoms with Crippen molar-refractivity contribution in [1.29, 1.82) is 0 Å². The van der Waals surface area contributed by atoms with Crippen LogP contribution in [0.2, 0.25) is 0 Å². The molecule has 3 aliphatic rings. The zero-order chi connectivity index (χ0) is 14.3. The molecule has 2 saturated carbocycles. The first-order chi connectivity index (χ1) is 9.58. The van der Waals surface area contributed by atoms with Crippen LogP contribution in [-0.2, 0) is 4.74 Å². The van der Waals surface area contributed by atoms with Crippen molar-refractivity contribution < 1.29 is 4.74 Å². The molecule has 2 N–H and O–H groups in total. The Kier molecular flexibility index (Phi) is 3.69. The van der Waals surface area contributed by atoms with E-state index in [9.17, 15) is 0 Å². The lowest BCUT2D eigenvalue weighted by Crippen LogP contribution is -2.72. The van der Waals surface area contributed by atoms with Crippen LogP contribution in [0.3, 0.4) is 0 Å². The van der Waals surface area contributed by atoms with Crippen molar-refractivity contribution in [3.63, 3.8) is 0 Å². The van der Waals surface area contributed by atoms with Gasteiger partial charge in [0.05, 0.1) is 6.10 Å². The van der Waals surface area contributed by atoms with Gasteiger partial charge < -0.3 is 15.4 Å². The molecule has 1 heterocycles. The molecule has 0 amide bonds. The fourth-order valence-electron chi connectivity index (χ4n) is 4.16. The molecule has 3 fully saturated rings. The summed E-state index contributed by atoms with van der Waals surface area (Å²) in [6, 6.07) is 1.00. The van der Waals surface area contributed by atoms with Gasteiger partial charge in [0, 0.05) is 37.1 Å². The largest absolute Gasteiger partial charge is 0.377 e. The smallest absolute Gasteiger partial charge is 0.191 e. The van der Waals surface area contributed by atoms with Crippen LogP contribution in [0.4, 0.5) is 0 Å². The van der Waals surface area contributed by atoms with Crippen molar-refractivity contribution in [2.45, 2.75) is 64.6 Å². The topological polar surface area (TPSA) is 45.7 Å². The highest BCUT2D eigenvalue weighted by Gasteiger charge is 2.66. The van der Waals surface area contributed by atoms with Gasteiger partial charge in [-0.3, -0.25) is 4.99 Å². The molecule has 4 nitrogen and oxygen atoms in total. The van der Waals surface area contributed by atoms with E-state index in [1.807, 2.05) is 7.05 Å². The van der Waals surface area contributed by atoms with Crippen LogP contribution in [-0.4, -0.2) is 37.8 Å². The Labute approximate surface area is 122 Å². The van der Waals surface area contributed by atoms with Crippen molar-refractivity contribution in [3.8, 4) is 0 Å². The first kappa shape index (κ1) is 14.2. The minimum Gasteiger partial charge on any atom is -0.377 e. The van der Waals surface area contributed by atoms with E-state index in [4.69, 9.17) is 4.74 Å². The van der Waals surface area contributed by atoms with Crippen LogP contribution < -0.4 is 10.6 Å². The van der Waals surface area contributed by atoms with E-state index in [0.29, 0.717) is 35.4 Å². The highest BCUT2D eigenvalue weighted by atomic mass is 16.5. The third kappa shape index (κ3) is 2.03. The Balaban J connectivity index is 1.64. The Morgan fingerprint density at radius 1 is 1.30 bits per heavy atom. The average molecular weight is 279 g/mol. The van der Waals surface area contributed by atoms with Gasteiger partial charge in [-0.2, -0.15) is 0 Å². The number of nitrogens with one attached hydrogen (secondary N) is 2. The molecule has 0 aromatic carbocycles. The average Bonchev–Trinajstić information content (AvgIpc) is 2.77. The van der Waals surface area contributed by atoms with Crippen LogP contribution >= 0.6 is 0 Å². The molecule has 4 atom stereocenters. The molecule has 4 unspecified atom stereocenters. The molecular weight excluding hydrogens is 250 g/mol. The summed E-state index contributed by atoms with van der Waals surface area (Å²) in [4.78, 5) is 4.42. The lowest BCUT2D eigenvalue weighted by Gasteiger charge is -2.63. The monoisotopic (exact) mass is 279 g/mol. The van der Waals surface area contributed by atoms with Gasteiger partial charge in [-0.15, -0.1) is 0 Å². The summed E-state index contributed by atoms with van der Waals surface area (Å²) in [7, 11) is 1.87.